The summed E-state index contributed by atoms with van der Waals surface area (Å²) in [5.41, 5.74) is 0.831. The van der Waals surface area contributed by atoms with Crippen LogP contribution in [0.2, 0.25) is 0 Å². The molecular formula is C14H16N2O2. The Labute approximate surface area is 106 Å². The molecule has 0 saturated carbocycles. The Morgan fingerprint density at radius 1 is 1.17 bits per heavy atom. The van der Waals surface area contributed by atoms with Gasteiger partial charge in [-0.1, -0.05) is 38.6 Å². The molecule has 1 aliphatic rings. The molecule has 2 rings (SSSR count). The van der Waals surface area contributed by atoms with E-state index in [0.717, 1.165) is 0 Å². The van der Waals surface area contributed by atoms with Gasteiger partial charge in [-0.3, -0.25) is 9.69 Å². The molecule has 1 aromatic rings. The van der Waals surface area contributed by atoms with Gasteiger partial charge in [-0.2, -0.15) is 0 Å². The summed E-state index contributed by atoms with van der Waals surface area (Å²) in [5.74, 6) is -0.0546. The minimum Gasteiger partial charge on any atom is -0.289 e. The third-order valence-electron chi connectivity index (χ3n) is 2.76. The number of carbonyl (C=O) groups is 2. The molecule has 18 heavy (non-hydrogen) atoms. The van der Waals surface area contributed by atoms with E-state index in [0.29, 0.717) is 12.2 Å². The summed E-state index contributed by atoms with van der Waals surface area (Å²) in [6.07, 6.45) is 0. The number of benzene rings is 1. The molecule has 0 bridgehead atoms. The topological polar surface area (TPSA) is 40.6 Å². The minimum absolute atomic E-state index is 0.248. The van der Waals surface area contributed by atoms with Crippen molar-refractivity contribution in [1.29, 1.82) is 0 Å². The van der Waals surface area contributed by atoms with Crippen molar-refractivity contribution in [2.45, 2.75) is 13.8 Å². The van der Waals surface area contributed by atoms with E-state index < -0.39 is 0 Å². The summed E-state index contributed by atoms with van der Waals surface area (Å²) in [6.45, 7) is 8.21. The van der Waals surface area contributed by atoms with E-state index in [1.807, 2.05) is 19.9 Å². The van der Waals surface area contributed by atoms with E-state index in [1.54, 1.807) is 24.3 Å². The van der Waals surface area contributed by atoms with Gasteiger partial charge in [0.1, 0.15) is 5.70 Å². The highest BCUT2D eigenvalue weighted by Gasteiger charge is 2.40. The van der Waals surface area contributed by atoms with Crippen LogP contribution in [0, 0.1) is 5.92 Å². The number of hydrogen-bond donors (Lipinski definition) is 0. The molecule has 1 fully saturated rings. The van der Waals surface area contributed by atoms with Crippen molar-refractivity contribution in [2.75, 3.05) is 11.4 Å². The maximum atomic E-state index is 12.2. The molecule has 1 heterocycles. The second-order valence-electron chi connectivity index (χ2n) is 4.71. The zero-order chi connectivity index (χ0) is 13.3. The number of urea groups is 1. The lowest BCUT2D eigenvalue weighted by Gasteiger charge is -2.18. The Balaban J connectivity index is 2.32. The first-order chi connectivity index (χ1) is 8.52. The van der Waals surface area contributed by atoms with Crippen LogP contribution in [0.4, 0.5) is 10.5 Å². The first kappa shape index (κ1) is 12.4. The van der Waals surface area contributed by atoms with E-state index in [2.05, 4.69) is 6.58 Å². The summed E-state index contributed by atoms with van der Waals surface area (Å²) >= 11 is 0. The molecule has 0 radical (unpaired) electrons. The van der Waals surface area contributed by atoms with Gasteiger partial charge in [0.25, 0.3) is 5.91 Å². The number of para-hydroxylation sites is 1. The van der Waals surface area contributed by atoms with E-state index in [4.69, 9.17) is 0 Å². The zero-order valence-corrected chi connectivity index (χ0v) is 10.6. The number of rotatable bonds is 3. The smallest absolute Gasteiger partial charge is 0.289 e. The molecule has 0 aliphatic carbocycles. The molecule has 0 aromatic heterocycles. The predicted octanol–water partition coefficient (Wildman–Crippen LogP) is 2.62. The van der Waals surface area contributed by atoms with Crippen LogP contribution in [0.25, 0.3) is 0 Å². The highest BCUT2D eigenvalue weighted by atomic mass is 16.2. The predicted molar refractivity (Wildman–Crippen MR) is 70.0 cm³/mol. The second kappa shape index (κ2) is 4.64. The first-order valence-corrected chi connectivity index (χ1v) is 5.92. The molecule has 0 N–H and O–H groups in total. The molecule has 3 amide bonds. The van der Waals surface area contributed by atoms with Crippen molar-refractivity contribution in [2.24, 2.45) is 5.92 Å². The number of amides is 3. The van der Waals surface area contributed by atoms with Crippen LogP contribution in [0.15, 0.2) is 42.6 Å². The summed E-state index contributed by atoms with van der Waals surface area (Å²) in [5, 5.41) is 0. The van der Waals surface area contributed by atoms with Crippen molar-refractivity contribution < 1.29 is 9.59 Å². The molecule has 94 valence electrons. The van der Waals surface area contributed by atoms with Crippen LogP contribution in [0.3, 0.4) is 0 Å². The maximum absolute atomic E-state index is 12.2. The largest absolute Gasteiger partial charge is 0.336 e. The molecule has 1 aliphatic heterocycles. The fourth-order valence-electron chi connectivity index (χ4n) is 1.93. The summed E-state index contributed by atoms with van der Waals surface area (Å²) in [7, 11) is 0. The summed E-state index contributed by atoms with van der Waals surface area (Å²) in [6, 6.07) is 8.59. The SMILES string of the molecule is C=C1C(=O)N(c2ccccc2)C(=O)N1CC(C)C. The molecule has 1 saturated heterocycles. The standard InChI is InChI=1S/C14H16N2O2/c1-10(2)9-15-11(3)13(17)16(14(15)18)12-7-5-4-6-8-12/h4-8,10H,3,9H2,1-2H3. The average molecular weight is 244 g/mol. The first-order valence-electron chi connectivity index (χ1n) is 5.92. The lowest BCUT2D eigenvalue weighted by Crippen LogP contribution is -2.34. The third-order valence-corrected chi connectivity index (χ3v) is 2.76. The quantitative estimate of drug-likeness (QED) is 0.605. The summed E-state index contributed by atoms with van der Waals surface area (Å²) in [4.78, 5) is 26.9. The van der Waals surface area contributed by atoms with Gasteiger partial charge in [0.2, 0.25) is 0 Å². The lowest BCUT2D eigenvalue weighted by atomic mass is 10.2. The van der Waals surface area contributed by atoms with E-state index in [-0.39, 0.29) is 23.6 Å². The van der Waals surface area contributed by atoms with Gasteiger partial charge in [-0.05, 0) is 18.1 Å². The number of hydrogen-bond acceptors (Lipinski definition) is 2. The summed E-state index contributed by atoms with van der Waals surface area (Å²) < 4.78 is 0. The fraction of sp³-hybridized carbons (Fsp3) is 0.286. The Morgan fingerprint density at radius 3 is 2.33 bits per heavy atom. The third kappa shape index (κ3) is 2.01. The number of imide groups is 1. The van der Waals surface area contributed by atoms with Crippen LogP contribution in [-0.4, -0.2) is 23.4 Å². The monoisotopic (exact) mass is 244 g/mol. The van der Waals surface area contributed by atoms with Gasteiger partial charge in [-0.15, -0.1) is 0 Å². The van der Waals surface area contributed by atoms with E-state index in [1.165, 1.54) is 9.80 Å². The molecular weight excluding hydrogens is 228 g/mol. The second-order valence-corrected chi connectivity index (χ2v) is 4.71. The van der Waals surface area contributed by atoms with Crippen molar-refractivity contribution in [1.82, 2.24) is 4.90 Å². The van der Waals surface area contributed by atoms with Crippen LogP contribution in [0.5, 0.6) is 0 Å². The van der Waals surface area contributed by atoms with Crippen LogP contribution in [-0.2, 0) is 4.79 Å². The normalized spacial score (nSPS) is 16.1. The van der Waals surface area contributed by atoms with Crippen LogP contribution < -0.4 is 4.90 Å². The Bertz CT molecular complexity index is 494. The molecule has 4 heteroatoms. The highest BCUT2D eigenvalue weighted by Crippen LogP contribution is 2.26. The number of anilines is 1. The zero-order valence-electron chi connectivity index (χ0n) is 10.6. The fourth-order valence-corrected chi connectivity index (χ4v) is 1.93. The minimum atomic E-state index is -0.341. The molecule has 0 atom stereocenters. The maximum Gasteiger partial charge on any atom is 0.336 e. The lowest BCUT2D eigenvalue weighted by molar-refractivity contribution is -0.114. The van der Waals surface area contributed by atoms with E-state index in [9.17, 15) is 9.59 Å². The molecule has 0 unspecified atom stereocenters. The van der Waals surface area contributed by atoms with Crippen LogP contribution in [0.1, 0.15) is 13.8 Å². The Kier molecular flexibility index (Phi) is 3.19. The van der Waals surface area contributed by atoms with Gasteiger partial charge >= 0.3 is 6.03 Å². The average Bonchev–Trinajstić information content (AvgIpc) is 2.54. The van der Waals surface area contributed by atoms with Crippen LogP contribution >= 0.6 is 0 Å². The van der Waals surface area contributed by atoms with Gasteiger partial charge in [0.05, 0.1) is 5.69 Å². The van der Waals surface area contributed by atoms with Crippen molar-refractivity contribution in [3.05, 3.63) is 42.6 Å². The van der Waals surface area contributed by atoms with Crippen molar-refractivity contribution >= 4 is 17.6 Å². The Hall–Kier alpha value is -2.10. The highest BCUT2D eigenvalue weighted by molar-refractivity contribution is 6.26. The van der Waals surface area contributed by atoms with Gasteiger partial charge in [0.15, 0.2) is 0 Å². The van der Waals surface area contributed by atoms with Crippen molar-refractivity contribution in [3.8, 4) is 0 Å². The Morgan fingerprint density at radius 2 is 1.78 bits per heavy atom. The molecule has 4 nitrogen and oxygen atoms in total. The molecule has 1 aromatic carbocycles. The van der Waals surface area contributed by atoms with Gasteiger partial charge in [-0.25, -0.2) is 9.69 Å². The van der Waals surface area contributed by atoms with E-state index >= 15 is 0 Å². The number of carbonyl (C=O) groups excluding carboxylic acids is 2. The number of nitrogens with zero attached hydrogens (tertiary/aromatic N) is 2. The van der Waals surface area contributed by atoms with Gasteiger partial charge in [0, 0.05) is 6.54 Å². The van der Waals surface area contributed by atoms with Gasteiger partial charge < -0.3 is 0 Å². The van der Waals surface area contributed by atoms with Crippen molar-refractivity contribution in [3.63, 3.8) is 0 Å². The molecule has 0 spiro atoms.